The van der Waals surface area contributed by atoms with Gasteiger partial charge in [0.2, 0.25) is 0 Å². The molecule has 1 N–H and O–H groups in total. The first-order chi connectivity index (χ1) is 8.70. The molecule has 0 bridgehead atoms. The van der Waals surface area contributed by atoms with Crippen molar-refractivity contribution in [1.29, 1.82) is 0 Å². The van der Waals surface area contributed by atoms with Gasteiger partial charge < -0.3 is 10.2 Å². The van der Waals surface area contributed by atoms with Crippen LogP contribution in [0.5, 0.6) is 0 Å². The van der Waals surface area contributed by atoms with Crippen LogP contribution in [0.15, 0.2) is 12.4 Å². The molecule has 1 aromatic rings. The molecule has 1 aliphatic carbocycles. The summed E-state index contributed by atoms with van der Waals surface area (Å²) in [5.74, 6) is 0.712. The maximum absolute atomic E-state index is 11.9. The van der Waals surface area contributed by atoms with Crippen molar-refractivity contribution in [3.8, 4) is 0 Å². The molecule has 1 fully saturated rings. The SMILES string of the molecule is CCCCN(C)c1cc(C(=O)NC2CC2)ncn1. The molecule has 0 aromatic carbocycles. The Bertz CT molecular complexity index is 417. The van der Waals surface area contributed by atoms with E-state index in [1.54, 1.807) is 6.07 Å². The van der Waals surface area contributed by atoms with E-state index in [0.717, 1.165) is 38.0 Å². The molecule has 0 aliphatic heterocycles. The lowest BCUT2D eigenvalue weighted by molar-refractivity contribution is 0.0946. The van der Waals surface area contributed by atoms with Gasteiger partial charge in [-0.25, -0.2) is 9.97 Å². The minimum atomic E-state index is -0.0926. The van der Waals surface area contributed by atoms with Crippen molar-refractivity contribution < 1.29 is 4.79 Å². The van der Waals surface area contributed by atoms with Crippen LogP contribution in [-0.4, -0.2) is 35.5 Å². The Balaban J connectivity index is 2.01. The number of unbranched alkanes of at least 4 members (excludes halogenated alkanes) is 1. The van der Waals surface area contributed by atoms with Crippen LogP contribution in [0.3, 0.4) is 0 Å². The fourth-order valence-corrected chi connectivity index (χ4v) is 1.68. The third-order valence-electron chi connectivity index (χ3n) is 3.04. The third-order valence-corrected chi connectivity index (χ3v) is 3.04. The van der Waals surface area contributed by atoms with Crippen LogP contribution in [0.25, 0.3) is 0 Å². The minimum absolute atomic E-state index is 0.0926. The Kier molecular flexibility index (Phi) is 4.12. The predicted octanol–water partition coefficient (Wildman–Crippen LogP) is 1.61. The molecular formula is C13H20N4O. The number of nitrogens with zero attached hydrogens (tertiary/aromatic N) is 3. The quantitative estimate of drug-likeness (QED) is 0.831. The molecule has 1 saturated carbocycles. The number of hydrogen-bond donors (Lipinski definition) is 1. The number of nitrogens with one attached hydrogen (secondary N) is 1. The second kappa shape index (κ2) is 5.80. The number of rotatable bonds is 6. The smallest absolute Gasteiger partial charge is 0.270 e. The molecule has 18 heavy (non-hydrogen) atoms. The molecule has 5 heteroatoms. The first-order valence-electron chi connectivity index (χ1n) is 6.54. The summed E-state index contributed by atoms with van der Waals surface area (Å²) in [6.07, 6.45) is 5.88. The number of carbonyl (C=O) groups excluding carboxylic acids is 1. The summed E-state index contributed by atoms with van der Waals surface area (Å²) < 4.78 is 0. The highest BCUT2D eigenvalue weighted by Gasteiger charge is 2.24. The summed E-state index contributed by atoms with van der Waals surface area (Å²) in [5.41, 5.74) is 0.454. The van der Waals surface area contributed by atoms with E-state index < -0.39 is 0 Å². The molecule has 0 saturated heterocycles. The van der Waals surface area contributed by atoms with Crippen molar-refractivity contribution >= 4 is 11.7 Å². The second-order valence-electron chi connectivity index (χ2n) is 4.78. The van der Waals surface area contributed by atoms with Gasteiger partial charge in [0.15, 0.2) is 0 Å². The van der Waals surface area contributed by atoms with E-state index in [4.69, 9.17) is 0 Å². The predicted molar refractivity (Wildman–Crippen MR) is 70.7 cm³/mol. The first kappa shape index (κ1) is 12.8. The van der Waals surface area contributed by atoms with Gasteiger partial charge in [-0.05, 0) is 19.3 Å². The van der Waals surface area contributed by atoms with E-state index in [9.17, 15) is 4.79 Å². The van der Waals surface area contributed by atoms with E-state index >= 15 is 0 Å². The zero-order valence-corrected chi connectivity index (χ0v) is 11.0. The van der Waals surface area contributed by atoms with Gasteiger partial charge in [-0.15, -0.1) is 0 Å². The number of carbonyl (C=O) groups is 1. The summed E-state index contributed by atoms with van der Waals surface area (Å²) in [6.45, 7) is 3.10. The van der Waals surface area contributed by atoms with Crippen LogP contribution in [0.1, 0.15) is 43.1 Å². The van der Waals surface area contributed by atoms with E-state index in [2.05, 4.69) is 27.1 Å². The van der Waals surface area contributed by atoms with Gasteiger partial charge in [-0.1, -0.05) is 13.3 Å². The lowest BCUT2D eigenvalue weighted by Gasteiger charge is -2.17. The molecule has 1 amide bonds. The highest BCUT2D eigenvalue weighted by molar-refractivity contribution is 5.93. The number of anilines is 1. The van der Waals surface area contributed by atoms with Gasteiger partial charge in [0.1, 0.15) is 17.8 Å². The molecule has 0 radical (unpaired) electrons. The molecule has 0 atom stereocenters. The molecular weight excluding hydrogens is 228 g/mol. The van der Waals surface area contributed by atoms with E-state index in [1.807, 2.05) is 7.05 Å². The molecule has 0 unspecified atom stereocenters. The van der Waals surface area contributed by atoms with Crippen molar-refractivity contribution in [2.45, 2.75) is 38.6 Å². The van der Waals surface area contributed by atoms with Gasteiger partial charge in [0.05, 0.1) is 0 Å². The van der Waals surface area contributed by atoms with Gasteiger partial charge in [0, 0.05) is 25.7 Å². The normalized spacial score (nSPS) is 14.3. The zero-order chi connectivity index (χ0) is 13.0. The van der Waals surface area contributed by atoms with Crippen molar-refractivity contribution in [3.05, 3.63) is 18.1 Å². The molecule has 1 aromatic heterocycles. The summed E-state index contributed by atoms with van der Waals surface area (Å²) in [6, 6.07) is 2.11. The average molecular weight is 248 g/mol. The Morgan fingerprint density at radius 1 is 1.50 bits per heavy atom. The summed E-state index contributed by atoms with van der Waals surface area (Å²) in [4.78, 5) is 22.2. The Labute approximate surface area is 108 Å². The van der Waals surface area contributed by atoms with Gasteiger partial charge in [-0.2, -0.15) is 0 Å². The van der Waals surface area contributed by atoms with E-state index in [0.29, 0.717) is 11.7 Å². The highest BCUT2D eigenvalue weighted by Crippen LogP contribution is 2.19. The fraction of sp³-hybridized carbons (Fsp3) is 0.615. The lowest BCUT2D eigenvalue weighted by atomic mass is 10.3. The van der Waals surface area contributed by atoms with E-state index in [1.165, 1.54) is 6.33 Å². The van der Waals surface area contributed by atoms with Gasteiger partial charge in [-0.3, -0.25) is 4.79 Å². The number of amides is 1. The van der Waals surface area contributed by atoms with Crippen LogP contribution in [-0.2, 0) is 0 Å². The number of aromatic nitrogens is 2. The van der Waals surface area contributed by atoms with Crippen molar-refractivity contribution in [2.24, 2.45) is 0 Å². The average Bonchev–Trinajstić information content (AvgIpc) is 3.20. The van der Waals surface area contributed by atoms with Crippen molar-refractivity contribution in [2.75, 3.05) is 18.5 Å². The van der Waals surface area contributed by atoms with E-state index in [-0.39, 0.29) is 5.91 Å². The summed E-state index contributed by atoms with van der Waals surface area (Å²) in [5, 5.41) is 2.93. The zero-order valence-electron chi connectivity index (χ0n) is 11.0. The first-order valence-corrected chi connectivity index (χ1v) is 6.54. The second-order valence-corrected chi connectivity index (χ2v) is 4.78. The van der Waals surface area contributed by atoms with Crippen LogP contribution in [0.2, 0.25) is 0 Å². The Morgan fingerprint density at radius 2 is 2.28 bits per heavy atom. The van der Waals surface area contributed by atoms with Crippen molar-refractivity contribution in [3.63, 3.8) is 0 Å². The Morgan fingerprint density at radius 3 is 2.94 bits per heavy atom. The Hall–Kier alpha value is -1.65. The van der Waals surface area contributed by atoms with Crippen LogP contribution in [0, 0.1) is 0 Å². The molecule has 0 spiro atoms. The maximum atomic E-state index is 11.9. The number of hydrogen-bond acceptors (Lipinski definition) is 4. The lowest BCUT2D eigenvalue weighted by Crippen LogP contribution is -2.27. The van der Waals surface area contributed by atoms with Crippen molar-refractivity contribution in [1.82, 2.24) is 15.3 Å². The van der Waals surface area contributed by atoms with Crippen LogP contribution in [0.4, 0.5) is 5.82 Å². The van der Waals surface area contributed by atoms with Gasteiger partial charge >= 0.3 is 0 Å². The van der Waals surface area contributed by atoms with Crippen LogP contribution >= 0.6 is 0 Å². The minimum Gasteiger partial charge on any atom is -0.360 e. The standard InChI is InChI=1S/C13H20N4O/c1-3-4-7-17(2)12-8-11(14-9-15-12)13(18)16-10-5-6-10/h8-10H,3-7H2,1-2H3,(H,16,18). The van der Waals surface area contributed by atoms with Crippen LogP contribution < -0.4 is 10.2 Å². The largest absolute Gasteiger partial charge is 0.360 e. The summed E-state index contributed by atoms with van der Waals surface area (Å²) >= 11 is 0. The third kappa shape index (κ3) is 3.42. The maximum Gasteiger partial charge on any atom is 0.270 e. The molecule has 2 rings (SSSR count). The fourth-order valence-electron chi connectivity index (χ4n) is 1.68. The molecule has 5 nitrogen and oxygen atoms in total. The monoisotopic (exact) mass is 248 g/mol. The molecule has 98 valence electrons. The molecule has 1 heterocycles. The summed E-state index contributed by atoms with van der Waals surface area (Å²) in [7, 11) is 1.99. The highest BCUT2D eigenvalue weighted by atomic mass is 16.2. The van der Waals surface area contributed by atoms with Gasteiger partial charge in [0.25, 0.3) is 5.91 Å². The molecule has 1 aliphatic rings. The topological polar surface area (TPSA) is 58.1 Å².